The third kappa shape index (κ3) is 4.28. The van der Waals surface area contributed by atoms with Gasteiger partial charge in [-0.15, -0.1) is 0 Å². The van der Waals surface area contributed by atoms with Crippen LogP contribution in [-0.2, 0) is 16.8 Å². The third-order valence-corrected chi connectivity index (χ3v) is 5.48. The van der Waals surface area contributed by atoms with Gasteiger partial charge in [0.15, 0.2) is 0 Å². The SMILES string of the molecule is CCN(C)S(=O)(=O)N(Cc1ccccc1)C(C)CCO. The van der Waals surface area contributed by atoms with E-state index in [4.69, 9.17) is 5.11 Å². The van der Waals surface area contributed by atoms with Crippen molar-refractivity contribution in [2.75, 3.05) is 20.2 Å². The second kappa shape index (κ2) is 7.73. The molecule has 0 radical (unpaired) electrons. The van der Waals surface area contributed by atoms with Gasteiger partial charge in [0.2, 0.25) is 0 Å². The molecule has 0 aromatic heterocycles. The Balaban J connectivity index is 3.03. The van der Waals surface area contributed by atoms with Crippen LogP contribution in [0.2, 0.25) is 0 Å². The lowest BCUT2D eigenvalue weighted by Gasteiger charge is -2.31. The number of hydrogen-bond acceptors (Lipinski definition) is 3. The monoisotopic (exact) mass is 300 g/mol. The zero-order chi connectivity index (χ0) is 15.2. The van der Waals surface area contributed by atoms with Crippen LogP contribution in [0.25, 0.3) is 0 Å². The zero-order valence-corrected chi connectivity index (χ0v) is 13.2. The molecular formula is C14H24N2O3S. The Kier molecular flexibility index (Phi) is 6.61. The molecule has 0 saturated carbocycles. The first kappa shape index (κ1) is 17.1. The van der Waals surface area contributed by atoms with Crippen LogP contribution in [0.1, 0.15) is 25.8 Å². The lowest BCUT2D eigenvalue weighted by Crippen LogP contribution is -2.46. The van der Waals surface area contributed by atoms with E-state index >= 15 is 0 Å². The van der Waals surface area contributed by atoms with Gasteiger partial charge in [-0.1, -0.05) is 37.3 Å². The summed E-state index contributed by atoms with van der Waals surface area (Å²) in [6.07, 6.45) is 0.420. The second-order valence-electron chi connectivity index (χ2n) is 4.81. The van der Waals surface area contributed by atoms with Gasteiger partial charge in [0.05, 0.1) is 0 Å². The number of benzene rings is 1. The Morgan fingerprint density at radius 3 is 2.35 bits per heavy atom. The van der Waals surface area contributed by atoms with Gasteiger partial charge < -0.3 is 5.11 Å². The molecule has 6 heteroatoms. The van der Waals surface area contributed by atoms with Crippen molar-refractivity contribution in [1.29, 1.82) is 0 Å². The summed E-state index contributed by atoms with van der Waals surface area (Å²) in [7, 11) is -1.95. The van der Waals surface area contributed by atoms with Crippen LogP contribution >= 0.6 is 0 Å². The molecule has 0 amide bonds. The zero-order valence-electron chi connectivity index (χ0n) is 12.4. The maximum absolute atomic E-state index is 12.6. The summed E-state index contributed by atoms with van der Waals surface area (Å²) in [5.74, 6) is 0. The van der Waals surface area contributed by atoms with Gasteiger partial charge in [0.1, 0.15) is 0 Å². The highest BCUT2D eigenvalue weighted by molar-refractivity contribution is 7.86. The number of aliphatic hydroxyl groups excluding tert-OH is 1. The summed E-state index contributed by atoms with van der Waals surface area (Å²) in [4.78, 5) is 0. The first-order chi connectivity index (χ1) is 9.43. The molecule has 0 fully saturated rings. The van der Waals surface area contributed by atoms with Gasteiger partial charge in [-0.3, -0.25) is 0 Å². The second-order valence-corrected chi connectivity index (χ2v) is 6.80. The maximum atomic E-state index is 12.6. The Morgan fingerprint density at radius 1 is 1.25 bits per heavy atom. The van der Waals surface area contributed by atoms with E-state index in [-0.39, 0.29) is 12.6 Å². The van der Waals surface area contributed by atoms with E-state index in [0.717, 1.165) is 5.56 Å². The van der Waals surface area contributed by atoms with E-state index in [1.807, 2.05) is 37.3 Å². The Morgan fingerprint density at radius 2 is 1.85 bits per heavy atom. The molecule has 1 unspecified atom stereocenters. The van der Waals surface area contributed by atoms with Crippen LogP contribution in [0.4, 0.5) is 0 Å². The molecule has 1 aromatic carbocycles. The Bertz CT molecular complexity index is 490. The highest BCUT2D eigenvalue weighted by Crippen LogP contribution is 2.17. The average Bonchev–Trinajstić information content (AvgIpc) is 2.44. The summed E-state index contributed by atoms with van der Waals surface area (Å²) in [5.41, 5.74) is 0.936. The molecule has 0 bridgehead atoms. The summed E-state index contributed by atoms with van der Waals surface area (Å²) < 4.78 is 27.9. The number of rotatable bonds is 8. The first-order valence-corrected chi connectivity index (χ1v) is 8.21. The smallest absolute Gasteiger partial charge is 0.282 e. The Labute approximate surface area is 122 Å². The van der Waals surface area contributed by atoms with Crippen molar-refractivity contribution in [3.05, 3.63) is 35.9 Å². The van der Waals surface area contributed by atoms with Crippen molar-refractivity contribution in [1.82, 2.24) is 8.61 Å². The van der Waals surface area contributed by atoms with E-state index in [9.17, 15) is 8.42 Å². The van der Waals surface area contributed by atoms with E-state index in [1.54, 1.807) is 14.0 Å². The fourth-order valence-corrected chi connectivity index (χ4v) is 3.46. The topological polar surface area (TPSA) is 60.9 Å². The van der Waals surface area contributed by atoms with E-state index < -0.39 is 10.2 Å². The highest BCUT2D eigenvalue weighted by Gasteiger charge is 2.30. The molecule has 1 N–H and O–H groups in total. The standard InChI is InChI=1S/C14H24N2O3S/c1-4-15(3)20(18,19)16(13(2)10-11-17)12-14-8-6-5-7-9-14/h5-9,13,17H,4,10-12H2,1-3H3. The summed E-state index contributed by atoms with van der Waals surface area (Å²) in [6.45, 7) is 4.32. The summed E-state index contributed by atoms with van der Waals surface area (Å²) in [6, 6.07) is 9.23. The normalized spacial score (nSPS) is 13.9. The average molecular weight is 300 g/mol. The van der Waals surface area contributed by atoms with Gasteiger partial charge in [-0.05, 0) is 18.9 Å². The summed E-state index contributed by atoms with van der Waals surface area (Å²) >= 11 is 0. The van der Waals surface area contributed by atoms with Crippen LogP contribution in [0.15, 0.2) is 30.3 Å². The van der Waals surface area contributed by atoms with Crippen LogP contribution in [-0.4, -0.2) is 48.4 Å². The quantitative estimate of drug-likeness (QED) is 0.790. The van der Waals surface area contributed by atoms with Gasteiger partial charge in [0.25, 0.3) is 10.2 Å². The first-order valence-electron chi connectivity index (χ1n) is 6.81. The van der Waals surface area contributed by atoms with Crippen molar-refractivity contribution < 1.29 is 13.5 Å². The van der Waals surface area contributed by atoms with E-state index in [2.05, 4.69) is 0 Å². The van der Waals surface area contributed by atoms with Crippen LogP contribution in [0, 0.1) is 0 Å². The summed E-state index contributed by atoms with van der Waals surface area (Å²) in [5, 5.41) is 9.08. The molecule has 0 aliphatic carbocycles. The highest BCUT2D eigenvalue weighted by atomic mass is 32.2. The van der Waals surface area contributed by atoms with Crippen molar-refractivity contribution in [3.63, 3.8) is 0 Å². The molecule has 1 aromatic rings. The molecule has 1 rings (SSSR count). The van der Waals surface area contributed by atoms with Crippen LogP contribution in [0.3, 0.4) is 0 Å². The van der Waals surface area contributed by atoms with Crippen LogP contribution < -0.4 is 0 Å². The molecule has 0 aliphatic heterocycles. The molecule has 0 aliphatic rings. The van der Waals surface area contributed by atoms with Gasteiger partial charge in [-0.2, -0.15) is 17.0 Å². The minimum atomic E-state index is -3.52. The maximum Gasteiger partial charge on any atom is 0.282 e. The lowest BCUT2D eigenvalue weighted by molar-refractivity contribution is 0.223. The number of hydrogen-bond donors (Lipinski definition) is 1. The molecule has 1 atom stereocenters. The van der Waals surface area contributed by atoms with E-state index in [1.165, 1.54) is 8.61 Å². The van der Waals surface area contributed by atoms with Crippen LogP contribution in [0.5, 0.6) is 0 Å². The number of nitrogens with zero attached hydrogens (tertiary/aromatic N) is 2. The van der Waals surface area contributed by atoms with Gasteiger partial charge in [0, 0.05) is 32.8 Å². The van der Waals surface area contributed by atoms with Gasteiger partial charge in [-0.25, -0.2) is 0 Å². The molecule has 0 saturated heterocycles. The minimum Gasteiger partial charge on any atom is -0.396 e. The lowest BCUT2D eigenvalue weighted by atomic mass is 10.2. The van der Waals surface area contributed by atoms with Crippen molar-refractivity contribution in [3.8, 4) is 0 Å². The third-order valence-electron chi connectivity index (χ3n) is 3.36. The van der Waals surface area contributed by atoms with Crippen molar-refractivity contribution in [2.45, 2.75) is 32.9 Å². The molecule has 20 heavy (non-hydrogen) atoms. The molecule has 0 heterocycles. The van der Waals surface area contributed by atoms with E-state index in [0.29, 0.717) is 19.5 Å². The van der Waals surface area contributed by atoms with Crippen molar-refractivity contribution >= 4 is 10.2 Å². The molecule has 5 nitrogen and oxygen atoms in total. The fourth-order valence-electron chi connectivity index (χ4n) is 1.90. The molecule has 114 valence electrons. The Hall–Kier alpha value is -0.950. The largest absolute Gasteiger partial charge is 0.396 e. The van der Waals surface area contributed by atoms with Gasteiger partial charge >= 0.3 is 0 Å². The predicted molar refractivity (Wildman–Crippen MR) is 80.4 cm³/mol. The number of aliphatic hydroxyl groups is 1. The fraction of sp³-hybridized carbons (Fsp3) is 0.571. The minimum absolute atomic E-state index is 0.0299. The molecule has 0 spiro atoms. The van der Waals surface area contributed by atoms with Crippen molar-refractivity contribution in [2.24, 2.45) is 0 Å². The molecular weight excluding hydrogens is 276 g/mol. The predicted octanol–water partition coefficient (Wildman–Crippen LogP) is 1.46.